The number of aliphatic carboxylic acids is 3. The predicted molar refractivity (Wildman–Crippen MR) is 117 cm³/mol. The smallest absolute Gasteiger partial charge is 0.326 e. The van der Waals surface area contributed by atoms with E-state index in [9.17, 15) is 29.1 Å². The van der Waals surface area contributed by atoms with E-state index < -0.39 is 36.0 Å². The van der Waals surface area contributed by atoms with Crippen LogP contribution in [-0.4, -0.2) is 64.4 Å². The Labute approximate surface area is 190 Å². The molecule has 1 rings (SSSR count). The molecular weight excluding hydrogens is 436 g/mol. The molecule has 0 saturated carbocycles. The molecular formula is C21H30N4O8. The van der Waals surface area contributed by atoms with Crippen LogP contribution in [-0.2, 0) is 27.3 Å². The van der Waals surface area contributed by atoms with Gasteiger partial charge in [0.25, 0.3) is 0 Å². The third-order valence-corrected chi connectivity index (χ3v) is 4.49. The minimum atomic E-state index is -1.18. The molecule has 0 aliphatic heterocycles. The third-order valence-electron chi connectivity index (χ3n) is 4.49. The predicted octanol–water partition coefficient (Wildman–Crippen LogP) is 0.900. The Morgan fingerprint density at radius 1 is 0.727 bits per heavy atom. The lowest BCUT2D eigenvalue weighted by Crippen LogP contribution is -2.46. The van der Waals surface area contributed by atoms with E-state index in [1.807, 2.05) is 0 Å². The van der Waals surface area contributed by atoms with Crippen molar-refractivity contribution in [2.24, 2.45) is 0 Å². The maximum atomic E-state index is 11.9. The molecule has 0 heterocycles. The van der Waals surface area contributed by atoms with Gasteiger partial charge in [0.2, 0.25) is 0 Å². The Kier molecular flexibility index (Phi) is 12.4. The SMILES string of the molecule is O=C(O)CCCNC(=O)N[C@@H](CCCCNC(=O)NCc1ccc(CC(=O)O)cc1)C(=O)O. The number of nitrogens with one attached hydrogen (secondary N) is 4. The monoisotopic (exact) mass is 466 g/mol. The van der Waals surface area contributed by atoms with E-state index >= 15 is 0 Å². The van der Waals surface area contributed by atoms with Crippen LogP contribution in [0.5, 0.6) is 0 Å². The topological polar surface area (TPSA) is 194 Å². The van der Waals surface area contributed by atoms with Gasteiger partial charge in [-0.3, -0.25) is 9.59 Å². The van der Waals surface area contributed by atoms with Gasteiger partial charge in [-0.2, -0.15) is 0 Å². The van der Waals surface area contributed by atoms with Crippen molar-refractivity contribution in [2.45, 2.75) is 51.1 Å². The van der Waals surface area contributed by atoms with E-state index in [4.69, 9.17) is 10.2 Å². The zero-order valence-electron chi connectivity index (χ0n) is 18.1. The average Bonchev–Trinajstić information content (AvgIpc) is 2.74. The van der Waals surface area contributed by atoms with Gasteiger partial charge in [0.1, 0.15) is 6.04 Å². The van der Waals surface area contributed by atoms with Crippen molar-refractivity contribution < 1.29 is 39.3 Å². The molecule has 4 amide bonds. The molecule has 1 aromatic rings. The molecule has 0 saturated heterocycles. The molecule has 33 heavy (non-hydrogen) atoms. The Hall–Kier alpha value is -3.83. The molecule has 0 unspecified atom stereocenters. The Morgan fingerprint density at radius 2 is 1.33 bits per heavy atom. The summed E-state index contributed by atoms with van der Waals surface area (Å²) in [7, 11) is 0. The fourth-order valence-corrected chi connectivity index (χ4v) is 2.78. The van der Waals surface area contributed by atoms with E-state index in [2.05, 4.69) is 21.3 Å². The maximum absolute atomic E-state index is 11.9. The number of urea groups is 2. The van der Waals surface area contributed by atoms with Crippen LogP contribution in [0.15, 0.2) is 24.3 Å². The summed E-state index contributed by atoms with van der Waals surface area (Å²) in [6.07, 6.45) is 1.20. The van der Waals surface area contributed by atoms with E-state index in [1.165, 1.54) is 0 Å². The van der Waals surface area contributed by atoms with Gasteiger partial charge in [0, 0.05) is 26.1 Å². The van der Waals surface area contributed by atoms with Crippen LogP contribution < -0.4 is 21.3 Å². The van der Waals surface area contributed by atoms with Crippen molar-refractivity contribution >= 4 is 30.0 Å². The van der Waals surface area contributed by atoms with E-state index in [0.717, 1.165) is 5.56 Å². The standard InChI is InChI=1S/C21H30N4O8/c26-17(27)5-3-11-23-21(33)25-16(19(30)31)4-1-2-10-22-20(32)24-13-15-8-6-14(7-9-15)12-18(28)29/h6-9,16H,1-5,10-13H2,(H,26,27)(H,28,29)(H,30,31)(H2,22,24,32)(H2,23,25,33)/t16-/m0/s1. The van der Waals surface area contributed by atoms with Gasteiger partial charge in [-0.05, 0) is 36.8 Å². The number of amides is 4. The normalized spacial score (nSPS) is 11.2. The number of benzene rings is 1. The van der Waals surface area contributed by atoms with E-state index in [1.54, 1.807) is 24.3 Å². The number of rotatable bonds is 15. The Bertz CT molecular complexity index is 813. The third kappa shape index (κ3) is 13.2. The van der Waals surface area contributed by atoms with Crippen molar-refractivity contribution in [2.75, 3.05) is 13.1 Å². The van der Waals surface area contributed by atoms with E-state index in [-0.39, 0.29) is 38.8 Å². The summed E-state index contributed by atoms with van der Waals surface area (Å²) in [4.78, 5) is 55.9. The van der Waals surface area contributed by atoms with Crippen LogP contribution in [0.2, 0.25) is 0 Å². The summed E-state index contributed by atoms with van der Waals surface area (Å²) in [5.41, 5.74) is 1.48. The number of hydrogen-bond acceptors (Lipinski definition) is 5. The first kappa shape index (κ1) is 27.2. The molecule has 0 aliphatic rings. The molecule has 0 spiro atoms. The fraction of sp³-hybridized carbons (Fsp3) is 0.476. The fourth-order valence-electron chi connectivity index (χ4n) is 2.78. The summed E-state index contributed by atoms with van der Waals surface area (Å²) < 4.78 is 0. The highest BCUT2D eigenvalue weighted by molar-refractivity contribution is 5.82. The first-order chi connectivity index (χ1) is 15.7. The number of carbonyl (C=O) groups excluding carboxylic acids is 2. The number of carboxylic acids is 3. The van der Waals surface area contributed by atoms with Crippen molar-refractivity contribution in [1.82, 2.24) is 21.3 Å². The molecule has 1 aromatic carbocycles. The highest BCUT2D eigenvalue weighted by Gasteiger charge is 2.19. The van der Waals surface area contributed by atoms with Crippen LogP contribution in [0.25, 0.3) is 0 Å². The summed E-state index contributed by atoms with van der Waals surface area (Å²) in [5.74, 6) is -3.08. The highest BCUT2D eigenvalue weighted by Crippen LogP contribution is 2.05. The molecule has 1 atom stereocenters. The number of carboxylic acid groups (broad SMARTS) is 3. The zero-order chi connectivity index (χ0) is 24.6. The molecule has 0 radical (unpaired) electrons. The molecule has 0 fully saturated rings. The minimum absolute atomic E-state index is 0.0656. The summed E-state index contributed by atoms with van der Waals surface area (Å²) in [5, 5.41) is 36.6. The Morgan fingerprint density at radius 3 is 1.94 bits per heavy atom. The second kappa shape index (κ2) is 15.1. The molecule has 182 valence electrons. The molecule has 0 bridgehead atoms. The zero-order valence-corrected chi connectivity index (χ0v) is 18.1. The quantitative estimate of drug-likeness (QED) is 0.185. The summed E-state index contributed by atoms with van der Waals surface area (Å²) in [6.45, 7) is 0.707. The largest absolute Gasteiger partial charge is 0.481 e. The second-order valence-corrected chi connectivity index (χ2v) is 7.28. The summed E-state index contributed by atoms with van der Waals surface area (Å²) in [6, 6.07) is 4.68. The molecule has 0 aliphatic carbocycles. The van der Waals surface area contributed by atoms with Gasteiger partial charge in [0.05, 0.1) is 6.42 Å². The van der Waals surface area contributed by atoms with Gasteiger partial charge in [-0.15, -0.1) is 0 Å². The van der Waals surface area contributed by atoms with Gasteiger partial charge < -0.3 is 36.6 Å². The molecule has 7 N–H and O–H groups in total. The van der Waals surface area contributed by atoms with Crippen molar-refractivity contribution in [3.05, 3.63) is 35.4 Å². The van der Waals surface area contributed by atoms with Gasteiger partial charge >= 0.3 is 30.0 Å². The number of carbonyl (C=O) groups is 5. The van der Waals surface area contributed by atoms with Crippen LogP contribution >= 0.6 is 0 Å². The van der Waals surface area contributed by atoms with Crippen LogP contribution in [0, 0.1) is 0 Å². The van der Waals surface area contributed by atoms with Gasteiger partial charge in [0.15, 0.2) is 0 Å². The first-order valence-corrected chi connectivity index (χ1v) is 10.5. The van der Waals surface area contributed by atoms with Crippen molar-refractivity contribution in [3.63, 3.8) is 0 Å². The van der Waals surface area contributed by atoms with Crippen LogP contribution in [0.1, 0.15) is 43.2 Å². The van der Waals surface area contributed by atoms with E-state index in [0.29, 0.717) is 24.9 Å². The Balaban J connectivity index is 2.20. The number of hydrogen-bond donors (Lipinski definition) is 7. The molecule has 12 heteroatoms. The average molecular weight is 466 g/mol. The highest BCUT2D eigenvalue weighted by atomic mass is 16.4. The lowest BCUT2D eigenvalue weighted by atomic mass is 10.1. The molecule has 0 aromatic heterocycles. The van der Waals surface area contributed by atoms with Gasteiger partial charge in [-0.25, -0.2) is 14.4 Å². The second-order valence-electron chi connectivity index (χ2n) is 7.28. The van der Waals surface area contributed by atoms with Crippen LogP contribution in [0.4, 0.5) is 9.59 Å². The number of unbranched alkanes of at least 4 members (excludes halogenated alkanes) is 1. The summed E-state index contributed by atoms with van der Waals surface area (Å²) >= 11 is 0. The van der Waals surface area contributed by atoms with Crippen molar-refractivity contribution in [1.29, 1.82) is 0 Å². The lowest BCUT2D eigenvalue weighted by Gasteiger charge is -2.15. The minimum Gasteiger partial charge on any atom is -0.481 e. The lowest BCUT2D eigenvalue weighted by molar-refractivity contribution is -0.139. The van der Waals surface area contributed by atoms with Crippen molar-refractivity contribution in [3.8, 4) is 0 Å². The first-order valence-electron chi connectivity index (χ1n) is 10.5. The molecule has 12 nitrogen and oxygen atoms in total. The van der Waals surface area contributed by atoms with Gasteiger partial charge in [-0.1, -0.05) is 24.3 Å². The van der Waals surface area contributed by atoms with Crippen LogP contribution in [0.3, 0.4) is 0 Å². The maximum Gasteiger partial charge on any atom is 0.326 e.